The first kappa shape index (κ1) is 17.1. The Hall–Kier alpha value is -2.38. The monoisotopic (exact) mass is 361 g/mol. The third-order valence-electron chi connectivity index (χ3n) is 5.32. The molecule has 2 aromatic rings. The zero-order chi connectivity index (χ0) is 18.1. The molecule has 0 saturated carbocycles. The maximum Gasteiger partial charge on any atom is 0.280 e. The van der Waals surface area contributed by atoms with Gasteiger partial charge in [0.1, 0.15) is 5.69 Å². The number of nitrogens with zero attached hydrogens (tertiary/aromatic N) is 5. The van der Waals surface area contributed by atoms with Crippen LogP contribution < -0.4 is 10.5 Å². The summed E-state index contributed by atoms with van der Waals surface area (Å²) in [7, 11) is 0. The molecule has 1 aliphatic heterocycles. The van der Waals surface area contributed by atoms with Gasteiger partial charge >= 0.3 is 0 Å². The second kappa shape index (κ2) is 7.09. The second-order valence-corrected chi connectivity index (χ2v) is 7.06. The lowest BCUT2D eigenvalue weighted by atomic mass is 9.96. The van der Waals surface area contributed by atoms with Crippen molar-refractivity contribution in [1.29, 1.82) is 0 Å². The van der Waals surface area contributed by atoms with Crippen molar-refractivity contribution in [3.63, 3.8) is 0 Å². The van der Waals surface area contributed by atoms with E-state index in [1.165, 1.54) is 16.5 Å². The molecule has 1 saturated heterocycles. The Kier molecular flexibility index (Phi) is 4.65. The van der Waals surface area contributed by atoms with E-state index >= 15 is 0 Å². The molecular formula is C18H21F2N5O. The van der Waals surface area contributed by atoms with E-state index < -0.39 is 17.7 Å². The summed E-state index contributed by atoms with van der Waals surface area (Å²) in [6.45, 7) is 2.23. The Balaban J connectivity index is 1.37. The molecule has 0 spiro atoms. The molecule has 8 heteroatoms. The normalized spacial score (nSPS) is 17.7. The molecule has 6 nitrogen and oxygen atoms in total. The van der Waals surface area contributed by atoms with E-state index in [4.69, 9.17) is 0 Å². The molecule has 0 N–H and O–H groups in total. The summed E-state index contributed by atoms with van der Waals surface area (Å²) in [6, 6.07) is 3.09. The van der Waals surface area contributed by atoms with Crippen LogP contribution in [-0.4, -0.2) is 32.8 Å². The number of fused-ring (bicyclic) bond motifs is 1. The van der Waals surface area contributed by atoms with Gasteiger partial charge in [0.15, 0.2) is 5.82 Å². The van der Waals surface area contributed by atoms with Gasteiger partial charge in [-0.3, -0.25) is 9.36 Å². The zero-order valence-corrected chi connectivity index (χ0v) is 14.4. The molecule has 1 aliphatic carbocycles. The fraction of sp³-hybridized carbons (Fsp3) is 0.556. The first-order valence-corrected chi connectivity index (χ1v) is 9.05. The third-order valence-corrected chi connectivity index (χ3v) is 5.32. The summed E-state index contributed by atoms with van der Waals surface area (Å²) < 4.78 is 26.6. The molecule has 4 rings (SSSR count). The highest BCUT2D eigenvalue weighted by molar-refractivity contribution is 5.43. The summed E-state index contributed by atoms with van der Waals surface area (Å²) >= 11 is 0. The number of hydrogen-bond donors (Lipinski definition) is 0. The highest BCUT2D eigenvalue weighted by Gasteiger charge is 2.23. The average Bonchev–Trinajstić information content (AvgIpc) is 3.11. The van der Waals surface area contributed by atoms with Crippen LogP contribution in [0.1, 0.15) is 42.6 Å². The Bertz CT molecular complexity index is 846. The van der Waals surface area contributed by atoms with E-state index in [0.29, 0.717) is 12.5 Å². The zero-order valence-electron chi connectivity index (χ0n) is 14.4. The van der Waals surface area contributed by atoms with Crippen LogP contribution in [-0.2, 0) is 19.4 Å². The molecule has 26 heavy (non-hydrogen) atoms. The number of anilines is 1. The minimum atomic E-state index is -2.71. The summed E-state index contributed by atoms with van der Waals surface area (Å²) in [5, 5.41) is 8.71. The summed E-state index contributed by atoms with van der Waals surface area (Å²) in [4.78, 5) is 17.9. The number of rotatable bonds is 4. The molecule has 0 bridgehead atoms. The van der Waals surface area contributed by atoms with Crippen LogP contribution in [0.3, 0.4) is 0 Å². The maximum absolute atomic E-state index is 12.6. The molecule has 0 radical (unpaired) electrons. The van der Waals surface area contributed by atoms with Crippen molar-refractivity contribution in [1.82, 2.24) is 19.7 Å². The number of aryl methyl sites for hydroxylation is 2. The van der Waals surface area contributed by atoms with Gasteiger partial charge in [-0.05, 0) is 49.7 Å². The van der Waals surface area contributed by atoms with E-state index in [0.717, 1.165) is 62.8 Å². The van der Waals surface area contributed by atoms with Crippen LogP contribution in [0.15, 0.2) is 23.3 Å². The predicted octanol–water partition coefficient (Wildman–Crippen LogP) is 2.38. The van der Waals surface area contributed by atoms with Gasteiger partial charge in [-0.15, -0.1) is 5.10 Å². The van der Waals surface area contributed by atoms with Crippen molar-refractivity contribution >= 4 is 5.82 Å². The van der Waals surface area contributed by atoms with Crippen LogP contribution in [0.2, 0.25) is 0 Å². The SMILES string of the molecule is O=c1cc(C(F)F)ncn1CC1CCN(c2cc3c(nn2)CCC3)CC1. The van der Waals surface area contributed by atoms with Crippen LogP contribution in [0, 0.1) is 5.92 Å². The Morgan fingerprint density at radius 1 is 1.15 bits per heavy atom. The summed E-state index contributed by atoms with van der Waals surface area (Å²) in [6.07, 6.45) is 3.62. The number of hydrogen-bond acceptors (Lipinski definition) is 5. The van der Waals surface area contributed by atoms with Gasteiger partial charge in [-0.1, -0.05) is 0 Å². The van der Waals surface area contributed by atoms with Gasteiger partial charge in [0.25, 0.3) is 12.0 Å². The molecule has 2 aliphatic rings. The van der Waals surface area contributed by atoms with E-state index in [2.05, 4.69) is 26.1 Å². The van der Waals surface area contributed by atoms with Gasteiger partial charge in [0.05, 0.1) is 12.0 Å². The Labute approximate surface area is 149 Å². The summed E-state index contributed by atoms with van der Waals surface area (Å²) in [5.74, 6) is 1.26. The van der Waals surface area contributed by atoms with Crippen molar-refractivity contribution in [2.75, 3.05) is 18.0 Å². The largest absolute Gasteiger partial charge is 0.355 e. The molecule has 2 aromatic heterocycles. The van der Waals surface area contributed by atoms with Crippen molar-refractivity contribution in [3.05, 3.63) is 45.8 Å². The first-order valence-electron chi connectivity index (χ1n) is 9.05. The number of aromatic nitrogens is 4. The fourth-order valence-electron chi connectivity index (χ4n) is 3.79. The smallest absolute Gasteiger partial charge is 0.280 e. The number of halogens is 2. The van der Waals surface area contributed by atoms with Gasteiger partial charge < -0.3 is 4.90 Å². The van der Waals surface area contributed by atoms with E-state index in [1.54, 1.807) is 0 Å². The fourth-order valence-corrected chi connectivity index (χ4v) is 3.79. The summed E-state index contributed by atoms with van der Waals surface area (Å²) in [5.41, 5.74) is 1.56. The molecule has 0 amide bonds. The maximum atomic E-state index is 12.6. The first-order chi connectivity index (χ1) is 12.6. The van der Waals surface area contributed by atoms with Crippen molar-refractivity contribution in [2.45, 2.75) is 45.1 Å². The van der Waals surface area contributed by atoms with E-state index in [9.17, 15) is 13.6 Å². The minimum absolute atomic E-state index is 0.325. The standard InChI is InChI=1S/C18H21F2N5O/c19-18(20)15-9-17(26)25(11-21-15)10-12-4-6-24(7-5-12)16-8-13-2-1-3-14(13)22-23-16/h8-9,11-12,18H,1-7,10H2. The van der Waals surface area contributed by atoms with E-state index in [-0.39, 0.29) is 0 Å². The molecule has 3 heterocycles. The van der Waals surface area contributed by atoms with Gasteiger partial charge in [0.2, 0.25) is 0 Å². The lowest BCUT2D eigenvalue weighted by molar-refractivity contribution is 0.145. The van der Waals surface area contributed by atoms with Crippen molar-refractivity contribution < 1.29 is 8.78 Å². The molecular weight excluding hydrogens is 340 g/mol. The topological polar surface area (TPSA) is 63.9 Å². The van der Waals surface area contributed by atoms with Gasteiger partial charge in [0, 0.05) is 25.7 Å². The quantitative estimate of drug-likeness (QED) is 0.837. The highest BCUT2D eigenvalue weighted by atomic mass is 19.3. The Morgan fingerprint density at radius 3 is 2.69 bits per heavy atom. The third kappa shape index (κ3) is 3.45. The van der Waals surface area contributed by atoms with Crippen LogP contribution >= 0.6 is 0 Å². The van der Waals surface area contributed by atoms with Crippen molar-refractivity contribution in [3.8, 4) is 0 Å². The van der Waals surface area contributed by atoms with Crippen molar-refractivity contribution in [2.24, 2.45) is 5.92 Å². The van der Waals surface area contributed by atoms with Gasteiger partial charge in [-0.2, -0.15) is 5.10 Å². The van der Waals surface area contributed by atoms with Crippen LogP contribution in [0.5, 0.6) is 0 Å². The highest BCUT2D eigenvalue weighted by Crippen LogP contribution is 2.26. The molecule has 0 aromatic carbocycles. The lowest BCUT2D eigenvalue weighted by Crippen LogP contribution is -2.37. The average molecular weight is 361 g/mol. The lowest BCUT2D eigenvalue weighted by Gasteiger charge is -2.32. The van der Waals surface area contributed by atoms with Crippen LogP contribution in [0.4, 0.5) is 14.6 Å². The second-order valence-electron chi connectivity index (χ2n) is 7.06. The molecule has 1 fully saturated rings. The predicted molar refractivity (Wildman–Crippen MR) is 92.4 cm³/mol. The minimum Gasteiger partial charge on any atom is -0.355 e. The number of alkyl halides is 2. The molecule has 138 valence electrons. The Morgan fingerprint density at radius 2 is 1.96 bits per heavy atom. The van der Waals surface area contributed by atoms with Crippen LogP contribution in [0.25, 0.3) is 0 Å². The number of piperidine rings is 1. The van der Waals surface area contributed by atoms with E-state index in [1.807, 2.05) is 0 Å². The molecule has 0 unspecified atom stereocenters. The van der Waals surface area contributed by atoms with Gasteiger partial charge in [-0.25, -0.2) is 13.8 Å². The molecule has 0 atom stereocenters.